The van der Waals surface area contributed by atoms with Crippen molar-refractivity contribution in [3.05, 3.63) is 65.5 Å². The van der Waals surface area contributed by atoms with E-state index in [-0.39, 0.29) is 16.7 Å². The van der Waals surface area contributed by atoms with Crippen molar-refractivity contribution in [3.8, 4) is 0 Å². The first-order valence-corrected chi connectivity index (χ1v) is 11.6. The van der Waals surface area contributed by atoms with Crippen LogP contribution in [-0.4, -0.2) is 37.0 Å². The molecule has 1 heterocycles. The fourth-order valence-electron chi connectivity index (χ4n) is 2.72. The molecule has 3 rings (SSSR count). The van der Waals surface area contributed by atoms with Crippen LogP contribution in [-0.2, 0) is 17.6 Å². The van der Waals surface area contributed by atoms with Gasteiger partial charge in [0.25, 0.3) is 0 Å². The second-order valence-corrected chi connectivity index (χ2v) is 9.16. The Balaban J connectivity index is 1.61. The summed E-state index contributed by atoms with van der Waals surface area (Å²) in [4.78, 5) is 24.8. The van der Waals surface area contributed by atoms with Gasteiger partial charge in [0, 0.05) is 17.6 Å². The average Bonchev–Trinajstić information content (AvgIpc) is 3.11. The molecule has 1 aromatic heterocycles. The van der Waals surface area contributed by atoms with Gasteiger partial charge in [0.2, 0.25) is 5.91 Å². The lowest BCUT2D eigenvalue weighted by Crippen LogP contribution is -2.25. The molecule has 1 atom stereocenters. The topological polar surface area (TPSA) is 97.1 Å². The summed E-state index contributed by atoms with van der Waals surface area (Å²) in [6.07, 6.45) is 0.615. The number of aryl methyl sites for hydroxylation is 1. The fourth-order valence-corrected chi connectivity index (χ4v) is 4.54. The number of aromatic carboxylic acids is 1. The van der Waals surface area contributed by atoms with E-state index in [1.807, 2.05) is 18.5 Å². The van der Waals surface area contributed by atoms with Crippen LogP contribution in [0.3, 0.4) is 0 Å². The normalized spacial score (nSPS) is 11.8. The standard InChI is InChI=1S/C22H24N4O3S2/c1-4-18(20(27)23-16-9-7-15(8-10-16)21(28)29)31-22-25-24-19(26(22)3)13-30-17-11-5-14(2)6-12-17/h5-12,18H,4,13H2,1-3H3,(H,23,27)(H,28,29). The number of anilines is 1. The Labute approximate surface area is 189 Å². The van der Waals surface area contributed by atoms with Crippen LogP contribution in [0.1, 0.15) is 35.1 Å². The summed E-state index contributed by atoms with van der Waals surface area (Å²) >= 11 is 3.06. The summed E-state index contributed by atoms with van der Waals surface area (Å²) in [5, 5.41) is 20.7. The van der Waals surface area contributed by atoms with Gasteiger partial charge in [0.15, 0.2) is 5.16 Å². The third-order valence-corrected chi connectivity index (χ3v) is 7.03. The summed E-state index contributed by atoms with van der Waals surface area (Å²) < 4.78 is 1.92. The molecule has 0 aliphatic carbocycles. The molecule has 0 aliphatic rings. The van der Waals surface area contributed by atoms with Crippen molar-refractivity contribution in [1.29, 1.82) is 0 Å². The van der Waals surface area contributed by atoms with Crippen LogP contribution >= 0.6 is 23.5 Å². The van der Waals surface area contributed by atoms with Gasteiger partial charge in [-0.25, -0.2) is 4.79 Å². The van der Waals surface area contributed by atoms with Crippen LogP contribution in [0, 0.1) is 6.92 Å². The fraction of sp³-hybridized carbons (Fsp3) is 0.273. The van der Waals surface area contributed by atoms with Gasteiger partial charge in [0.05, 0.1) is 16.6 Å². The second kappa shape index (κ2) is 10.5. The number of aromatic nitrogens is 3. The number of hydrogen-bond acceptors (Lipinski definition) is 6. The third-order valence-electron chi connectivity index (χ3n) is 4.62. The van der Waals surface area contributed by atoms with E-state index in [0.29, 0.717) is 23.0 Å². The number of nitrogens with one attached hydrogen (secondary N) is 1. The van der Waals surface area contributed by atoms with Crippen molar-refractivity contribution in [2.75, 3.05) is 5.32 Å². The lowest BCUT2D eigenvalue weighted by molar-refractivity contribution is -0.115. The maximum Gasteiger partial charge on any atom is 0.335 e. The van der Waals surface area contributed by atoms with E-state index in [2.05, 4.69) is 46.7 Å². The minimum Gasteiger partial charge on any atom is -0.478 e. The number of carboxylic acids is 1. The molecule has 0 saturated heterocycles. The predicted octanol–water partition coefficient (Wildman–Crippen LogP) is 4.62. The molecule has 0 radical (unpaired) electrons. The molecular formula is C22H24N4O3S2. The number of hydrogen-bond donors (Lipinski definition) is 2. The van der Waals surface area contributed by atoms with Gasteiger partial charge < -0.3 is 15.0 Å². The van der Waals surface area contributed by atoms with E-state index >= 15 is 0 Å². The van der Waals surface area contributed by atoms with Crippen molar-refractivity contribution in [2.24, 2.45) is 7.05 Å². The SMILES string of the molecule is CCC(Sc1nnc(CSc2ccc(C)cc2)n1C)C(=O)Nc1ccc(C(=O)O)cc1. The Morgan fingerprint density at radius 1 is 1.10 bits per heavy atom. The summed E-state index contributed by atoms with van der Waals surface area (Å²) in [7, 11) is 1.91. The van der Waals surface area contributed by atoms with Crippen molar-refractivity contribution in [3.63, 3.8) is 0 Å². The molecule has 2 N–H and O–H groups in total. The number of amides is 1. The number of carbonyl (C=O) groups is 2. The van der Waals surface area contributed by atoms with Crippen LogP contribution in [0.15, 0.2) is 58.6 Å². The summed E-state index contributed by atoms with van der Waals surface area (Å²) in [5.74, 6) is 0.367. The van der Waals surface area contributed by atoms with Gasteiger partial charge >= 0.3 is 5.97 Å². The molecule has 0 fully saturated rings. The molecule has 1 unspecified atom stereocenters. The maximum atomic E-state index is 12.7. The average molecular weight is 457 g/mol. The van der Waals surface area contributed by atoms with Crippen molar-refractivity contribution >= 4 is 41.1 Å². The number of nitrogens with zero attached hydrogens (tertiary/aromatic N) is 3. The largest absolute Gasteiger partial charge is 0.478 e. The quantitative estimate of drug-likeness (QED) is 0.453. The van der Waals surface area contributed by atoms with Crippen LogP contribution in [0.5, 0.6) is 0 Å². The minimum absolute atomic E-state index is 0.158. The van der Waals surface area contributed by atoms with Crippen molar-refractivity contribution in [1.82, 2.24) is 14.8 Å². The number of thioether (sulfide) groups is 2. The molecule has 9 heteroatoms. The minimum atomic E-state index is -1.00. The first kappa shape index (κ1) is 22.9. The van der Waals surface area contributed by atoms with Gasteiger partial charge in [0.1, 0.15) is 5.82 Å². The first-order chi connectivity index (χ1) is 14.9. The first-order valence-electron chi connectivity index (χ1n) is 9.76. The van der Waals surface area contributed by atoms with E-state index in [0.717, 1.165) is 5.82 Å². The highest BCUT2D eigenvalue weighted by atomic mass is 32.2. The number of rotatable bonds is 9. The van der Waals surface area contributed by atoms with Crippen LogP contribution < -0.4 is 5.32 Å². The van der Waals surface area contributed by atoms with Gasteiger partial charge in [-0.2, -0.15) is 0 Å². The highest BCUT2D eigenvalue weighted by Crippen LogP contribution is 2.28. The number of carbonyl (C=O) groups excluding carboxylic acids is 1. The van der Waals surface area contributed by atoms with Gasteiger partial charge in [-0.15, -0.1) is 22.0 Å². The number of carboxylic acid groups (broad SMARTS) is 1. The maximum absolute atomic E-state index is 12.7. The monoisotopic (exact) mass is 456 g/mol. The van der Waals surface area contributed by atoms with Crippen molar-refractivity contribution in [2.45, 2.75) is 41.3 Å². The van der Waals surface area contributed by atoms with E-state index < -0.39 is 5.97 Å². The lowest BCUT2D eigenvalue weighted by Gasteiger charge is -2.14. The molecule has 1 amide bonds. The Kier molecular flexibility index (Phi) is 7.75. The molecule has 0 saturated carbocycles. The smallest absolute Gasteiger partial charge is 0.335 e. The van der Waals surface area contributed by atoms with Crippen LogP contribution in [0.4, 0.5) is 5.69 Å². The summed E-state index contributed by atoms with van der Waals surface area (Å²) in [6, 6.07) is 14.4. The molecule has 162 valence electrons. The molecule has 31 heavy (non-hydrogen) atoms. The van der Waals surface area contributed by atoms with Gasteiger partial charge in [-0.1, -0.05) is 36.4 Å². The third kappa shape index (κ3) is 6.11. The lowest BCUT2D eigenvalue weighted by atomic mass is 10.2. The zero-order chi connectivity index (χ0) is 22.4. The van der Waals surface area contributed by atoms with E-state index in [1.165, 1.54) is 34.4 Å². The second-order valence-electron chi connectivity index (χ2n) is 6.95. The van der Waals surface area contributed by atoms with E-state index in [1.54, 1.807) is 23.9 Å². The Bertz CT molecular complexity index is 1050. The molecule has 0 aliphatic heterocycles. The van der Waals surface area contributed by atoms with E-state index in [4.69, 9.17) is 5.11 Å². The molecule has 2 aromatic carbocycles. The molecule has 7 nitrogen and oxygen atoms in total. The molecular weight excluding hydrogens is 432 g/mol. The molecule has 0 spiro atoms. The van der Waals surface area contributed by atoms with Crippen molar-refractivity contribution < 1.29 is 14.7 Å². The Morgan fingerprint density at radius 2 is 1.77 bits per heavy atom. The van der Waals surface area contributed by atoms with E-state index in [9.17, 15) is 9.59 Å². The molecule has 0 bridgehead atoms. The Hall–Kier alpha value is -2.78. The Morgan fingerprint density at radius 3 is 2.39 bits per heavy atom. The zero-order valence-electron chi connectivity index (χ0n) is 17.5. The van der Waals surface area contributed by atoms with Crippen LogP contribution in [0.25, 0.3) is 0 Å². The summed E-state index contributed by atoms with van der Waals surface area (Å²) in [6.45, 7) is 4.00. The predicted molar refractivity (Wildman–Crippen MR) is 124 cm³/mol. The molecule has 3 aromatic rings. The van der Waals surface area contributed by atoms with Gasteiger partial charge in [-0.3, -0.25) is 4.79 Å². The highest BCUT2D eigenvalue weighted by Gasteiger charge is 2.22. The number of benzene rings is 2. The van der Waals surface area contributed by atoms with Crippen LogP contribution in [0.2, 0.25) is 0 Å². The van der Waals surface area contributed by atoms with Gasteiger partial charge in [-0.05, 0) is 49.7 Å². The highest BCUT2D eigenvalue weighted by molar-refractivity contribution is 8.00. The zero-order valence-corrected chi connectivity index (χ0v) is 19.2. The summed E-state index contributed by atoms with van der Waals surface area (Å²) in [5.41, 5.74) is 1.96.